The molecule has 36 heavy (non-hydrogen) atoms. The molecule has 9 heteroatoms. The Kier molecular flexibility index (Phi) is 8.62. The SMILES string of the molecule is CCCCn1c(N2CCOCC2)c(/C=C2\SC(=S)N(CCc3ccccc3)C2=O)c(C)c(C#N)c1=O. The van der Waals surface area contributed by atoms with Gasteiger partial charge in [-0.15, -0.1) is 0 Å². The zero-order chi connectivity index (χ0) is 25.7. The van der Waals surface area contributed by atoms with Gasteiger partial charge in [-0.3, -0.25) is 19.1 Å². The van der Waals surface area contributed by atoms with Crippen LogP contribution in [0.15, 0.2) is 40.0 Å². The lowest BCUT2D eigenvalue weighted by molar-refractivity contribution is -0.122. The highest BCUT2D eigenvalue weighted by atomic mass is 32.2. The van der Waals surface area contributed by atoms with Gasteiger partial charge < -0.3 is 9.64 Å². The number of hydrogen-bond acceptors (Lipinski definition) is 7. The molecule has 3 heterocycles. The van der Waals surface area contributed by atoms with Crippen molar-refractivity contribution in [2.24, 2.45) is 0 Å². The zero-order valence-corrected chi connectivity index (χ0v) is 22.3. The number of carbonyl (C=O) groups excluding carboxylic acids is 1. The fourth-order valence-electron chi connectivity index (χ4n) is 4.49. The van der Waals surface area contributed by atoms with Gasteiger partial charge in [-0.05, 0) is 37.0 Å². The first-order valence-electron chi connectivity index (χ1n) is 12.3. The van der Waals surface area contributed by atoms with Gasteiger partial charge >= 0.3 is 0 Å². The Labute approximate surface area is 221 Å². The topological polar surface area (TPSA) is 78.6 Å². The molecule has 0 atom stereocenters. The molecule has 0 N–H and O–H groups in total. The first-order chi connectivity index (χ1) is 17.5. The molecule has 1 amide bonds. The van der Waals surface area contributed by atoms with Crippen LogP contribution in [0.3, 0.4) is 0 Å². The molecule has 188 valence electrons. The third-order valence-electron chi connectivity index (χ3n) is 6.51. The smallest absolute Gasteiger partial charge is 0.270 e. The second-order valence-electron chi connectivity index (χ2n) is 8.83. The molecule has 0 aliphatic carbocycles. The van der Waals surface area contributed by atoms with Crippen molar-refractivity contribution in [1.82, 2.24) is 9.47 Å². The van der Waals surface area contributed by atoms with Gasteiger partial charge in [0.25, 0.3) is 11.5 Å². The number of nitrogens with zero attached hydrogens (tertiary/aromatic N) is 4. The second kappa shape index (κ2) is 11.9. The Morgan fingerprint density at radius 1 is 1.17 bits per heavy atom. The molecule has 0 unspecified atom stereocenters. The molecule has 0 spiro atoms. The summed E-state index contributed by atoms with van der Waals surface area (Å²) >= 11 is 6.83. The van der Waals surface area contributed by atoms with Crippen molar-refractivity contribution in [2.45, 2.75) is 39.7 Å². The lowest BCUT2D eigenvalue weighted by atomic mass is 10.0. The van der Waals surface area contributed by atoms with Crippen LogP contribution in [-0.2, 0) is 22.5 Å². The van der Waals surface area contributed by atoms with Crippen molar-refractivity contribution in [3.8, 4) is 6.07 Å². The molecular weight excluding hydrogens is 492 g/mol. The molecule has 4 rings (SSSR count). The number of ether oxygens (including phenoxy) is 1. The van der Waals surface area contributed by atoms with E-state index in [-0.39, 0.29) is 17.0 Å². The van der Waals surface area contributed by atoms with E-state index in [1.54, 1.807) is 16.4 Å². The van der Waals surface area contributed by atoms with Gasteiger partial charge in [0.1, 0.15) is 21.8 Å². The Balaban J connectivity index is 1.76. The summed E-state index contributed by atoms with van der Waals surface area (Å²) in [5.74, 6) is 0.612. The number of carbonyl (C=O) groups is 1. The number of nitriles is 1. The van der Waals surface area contributed by atoms with E-state index in [4.69, 9.17) is 17.0 Å². The maximum atomic E-state index is 13.4. The number of thiocarbonyl (C=S) groups is 1. The largest absolute Gasteiger partial charge is 0.378 e. The third kappa shape index (κ3) is 5.41. The van der Waals surface area contributed by atoms with Gasteiger partial charge in [-0.2, -0.15) is 5.26 Å². The summed E-state index contributed by atoms with van der Waals surface area (Å²) in [6.07, 6.45) is 4.26. The summed E-state index contributed by atoms with van der Waals surface area (Å²) in [4.78, 5) is 31.0. The number of morpholine rings is 1. The average Bonchev–Trinajstić information content (AvgIpc) is 3.16. The van der Waals surface area contributed by atoms with Crippen LogP contribution in [0.1, 0.15) is 42.0 Å². The monoisotopic (exact) mass is 522 g/mol. The van der Waals surface area contributed by atoms with Crippen LogP contribution in [0.5, 0.6) is 0 Å². The summed E-state index contributed by atoms with van der Waals surface area (Å²) in [7, 11) is 0. The standard InChI is InChI=1S/C27H30N4O3S2/c1-3-4-11-30-24(29-13-15-34-16-14-29)21(19(2)22(18-28)25(30)32)17-23-26(33)31(27(35)36-23)12-10-20-8-6-5-7-9-20/h5-9,17H,3-4,10-16H2,1-2H3/b23-17-. The molecule has 2 saturated heterocycles. The van der Waals surface area contributed by atoms with E-state index >= 15 is 0 Å². The summed E-state index contributed by atoms with van der Waals surface area (Å²) in [5.41, 5.74) is 2.30. The number of amides is 1. The Hall–Kier alpha value is -2.93. The highest BCUT2D eigenvalue weighted by Gasteiger charge is 2.33. The predicted octanol–water partition coefficient (Wildman–Crippen LogP) is 4.11. The molecule has 1 aromatic carbocycles. The van der Waals surface area contributed by atoms with Crippen LogP contribution in [0, 0.1) is 18.3 Å². The van der Waals surface area contributed by atoms with Gasteiger partial charge in [0.2, 0.25) is 0 Å². The normalized spacial score (nSPS) is 17.2. The number of pyridine rings is 1. The van der Waals surface area contributed by atoms with Crippen LogP contribution in [-0.4, -0.2) is 52.5 Å². The van der Waals surface area contributed by atoms with Crippen molar-refractivity contribution in [1.29, 1.82) is 5.26 Å². The van der Waals surface area contributed by atoms with Gasteiger partial charge in [0.05, 0.1) is 18.1 Å². The molecule has 2 fully saturated rings. The number of aromatic nitrogens is 1. The Morgan fingerprint density at radius 2 is 1.89 bits per heavy atom. The minimum absolute atomic E-state index is 0.119. The van der Waals surface area contributed by atoms with Crippen LogP contribution in [0.25, 0.3) is 6.08 Å². The van der Waals surface area contributed by atoms with Crippen LogP contribution in [0.2, 0.25) is 0 Å². The van der Waals surface area contributed by atoms with E-state index in [0.717, 1.165) is 29.8 Å². The molecule has 7 nitrogen and oxygen atoms in total. The van der Waals surface area contributed by atoms with Gasteiger partial charge in [-0.1, -0.05) is 67.7 Å². The molecular formula is C27H30N4O3S2. The van der Waals surface area contributed by atoms with Gasteiger partial charge in [-0.25, -0.2) is 0 Å². The molecule has 0 saturated carbocycles. The number of anilines is 1. The minimum Gasteiger partial charge on any atom is -0.378 e. The first-order valence-corrected chi connectivity index (χ1v) is 13.5. The first kappa shape index (κ1) is 26.1. The van der Waals surface area contributed by atoms with E-state index in [0.29, 0.717) is 60.6 Å². The maximum absolute atomic E-state index is 13.4. The summed E-state index contributed by atoms with van der Waals surface area (Å²) < 4.78 is 7.78. The number of hydrogen-bond donors (Lipinski definition) is 0. The third-order valence-corrected chi connectivity index (χ3v) is 7.89. The van der Waals surface area contributed by atoms with Crippen LogP contribution < -0.4 is 10.5 Å². The number of rotatable bonds is 8. The molecule has 1 aromatic heterocycles. The quantitative estimate of drug-likeness (QED) is 0.381. The highest BCUT2D eigenvalue weighted by Crippen LogP contribution is 2.36. The molecule has 2 aliphatic rings. The number of benzene rings is 1. The van der Waals surface area contributed by atoms with E-state index in [9.17, 15) is 14.9 Å². The van der Waals surface area contributed by atoms with Crippen molar-refractivity contribution >= 4 is 46.1 Å². The predicted molar refractivity (Wildman–Crippen MR) is 148 cm³/mol. The van der Waals surface area contributed by atoms with Crippen LogP contribution >= 0.6 is 24.0 Å². The van der Waals surface area contributed by atoms with E-state index < -0.39 is 0 Å². The molecule has 2 aromatic rings. The minimum atomic E-state index is -0.280. The molecule has 0 bridgehead atoms. The average molecular weight is 523 g/mol. The maximum Gasteiger partial charge on any atom is 0.270 e. The fraction of sp³-hybridized carbons (Fsp3) is 0.407. The van der Waals surface area contributed by atoms with Crippen LogP contribution in [0.4, 0.5) is 5.82 Å². The summed E-state index contributed by atoms with van der Waals surface area (Å²) in [5, 5.41) is 9.83. The lowest BCUT2D eigenvalue weighted by Crippen LogP contribution is -2.41. The fourth-order valence-corrected chi connectivity index (χ4v) is 5.78. The highest BCUT2D eigenvalue weighted by molar-refractivity contribution is 8.26. The number of unbranched alkanes of at least 4 members (excludes halogenated alkanes) is 1. The Bertz CT molecular complexity index is 1270. The summed E-state index contributed by atoms with van der Waals surface area (Å²) in [6.45, 7) is 7.25. The molecule has 2 aliphatic heterocycles. The summed E-state index contributed by atoms with van der Waals surface area (Å²) in [6, 6.07) is 12.1. The van der Waals surface area contributed by atoms with Crippen molar-refractivity contribution in [3.05, 3.63) is 67.8 Å². The van der Waals surface area contributed by atoms with Crippen molar-refractivity contribution < 1.29 is 9.53 Å². The number of thioether (sulfide) groups is 1. The Morgan fingerprint density at radius 3 is 2.56 bits per heavy atom. The van der Waals surface area contributed by atoms with E-state index in [1.165, 1.54) is 11.8 Å². The van der Waals surface area contributed by atoms with E-state index in [2.05, 4.69) is 17.9 Å². The zero-order valence-electron chi connectivity index (χ0n) is 20.7. The van der Waals surface area contributed by atoms with Gasteiger partial charge in [0.15, 0.2) is 0 Å². The second-order valence-corrected chi connectivity index (χ2v) is 10.5. The molecule has 0 radical (unpaired) electrons. The lowest BCUT2D eigenvalue weighted by Gasteiger charge is -2.33. The van der Waals surface area contributed by atoms with E-state index in [1.807, 2.05) is 36.4 Å². The van der Waals surface area contributed by atoms with Crippen molar-refractivity contribution in [2.75, 3.05) is 37.7 Å². The van der Waals surface area contributed by atoms with Crippen molar-refractivity contribution in [3.63, 3.8) is 0 Å². The van der Waals surface area contributed by atoms with Gasteiger partial charge in [0, 0.05) is 31.7 Å².